The van der Waals surface area contributed by atoms with Crippen LogP contribution in [0.5, 0.6) is 0 Å². The van der Waals surface area contributed by atoms with Gasteiger partial charge in [0.2, 0.25) is 0 Å². The van der Waals surface area contributed by atoms with Crippen molar-refractivity contribution in [2.45, 2.75) is 12.8 Å². The minimum absolute atomic E-state index is 0.0950. The zero-order valence-electron chi connectivity index (χ0n) is 14.4. The van der Waals surface area contributed by atoms with Gasteiger partial charge >= 0.3 is 0 Å². The molecule has 0 saturated heterocycles. The average Bonchev–Trinajstić information content (AvgIpc) is 2.66. The van der Waals surface area contributed by atoms with E-state index < -0.39 is 17.3 Å². The van der Waals surface area contributed by atoms with Crippen molar-refractivity contribution in [1.29, 1.82) is 21.2 Å². The molecule has 1 aromatic carbocycles. The maximum absolute atomic E-state index is 9.97. The largest absolute Gasteiger partial charge is 0.305 e. The van der Waals surface area contributed by atoms with Crippen LogP contribution >= 0.6 is 15.9 Å². The molecule has 1 heterocycles. The van der Waals surface area contributed by atoms with Gasteiger partial charge in [-0.2, -0.15) is 15.8 Å². The number of hydrogen-bond acceptors (Lipinski definition) is 5. The molecule has 0 bridgehead atoms. The maximum atomic E-state index is 9.97. The molecule has 1 aromatic rings. The molecule has 130 valence electrons. The number of nitriles is 3. The molecule has 3 atom stereocenters. The lowest BCUT2D eigenvalue weighted by Gasteiger charge is -2.47. The van der Waals surface area contributed by atoms with Crippen molar-refractivity contribution in [3.63, 3.8) is 0 Å². The lowest BCUT2D eigenvalue weighted by atomic mass is 9.54. The zero-order valence-corrected chi connectivity index (χ0v) is 16.0. The number of hydrogen-bond donors (Lipinski definition) is 1. The quantitative estimate of drug-likeness (QED) is 0.756. The molecule has 6 heteroatoms. The summed E-state index contributed by atoms with van der Waals surface area (Å²) in [5, 5.41) is 38.2. The third kappa shape index (κ3) is 2.65. The van der Waals surface area contributed by atoms with Crippen LogP contribution < -0.4 is 0 Å². The Balaban J connectivity index is 2.26. The second kappa shape index (κ2) is 7.04. The van der Waals surface area contributed by atoms with E-state index in [1.54, 1.807) is 0 Å². The molecule has 1 saturated carbocycles. The van der Waals surface area contributed by atoms with Gasteiger partial charge in [-0.1, -0.05) is 41.1 Å². The first kappa shape index (κ1) is 18.3. The Morgan fingerprint density at radius 1 is 1.31 bits per heavy atom. The molecule has 1 unspecified atom stereocenters. The van der Waals surface area contributed by atoms with E-state index in [4.69, 9.17) is 5.41 Å². The Morgan fingerprint density at radius 2 is 2.04 bits per heavy atom. The third-order valence-corrected chi connectivity index (χ3v) is 6.01. The van der Waals surface area contributed by atoms with E-state index in [0.717, 1.165) is 28.7 Å². The van der Waals surface area contributed by atoms with E-state index >= 15 is 0 Å². The molecule has 3 rings (SSSR count). The van der Waals surface area contributed by atoms with Crippen molar-refractivity contribution in [3.8, 4) is 18.2 Å². The summed E-state index contributed by atoms with van der Waals surface area (Å²) in [7, 11) is 0. The van der Waals surface area contributed by atoms with Crippen LogP contribution in [-0.2, 0) is 0 Å². The van der Waals surface area contributed by atoms with Gasteiger partial charge in [0.1, 0.15) is 5.92 Å². The molecule has 1 fully saturated rings. The van der Waals surface area contributed by atoms with Crippen LogP contribution in [-0.4, -0.2) is 30.2 Å². The van der Waals surface area contributed by atoms with Crippen molar-refractivity contribution >= 4 is 21.6 Å². The van der Waals surface area contributed by atoms with Gasteiger partial charge < -0.3 is 5.41 Å². The predicted molar refractivity (Wildman–Crippen MR) is 101 cm³/mol. The Hall–Kier alpha value is -2.46. The predicted octanol–water partition coefficient (Wildman–Crippen LogP) is 3.62. The van der Waals surface area contributed by atoms with Gasteiger partial charge in [0, 0.05) is 29.4 Å². The van der Waals surface area contributed by atoms with Crippen LogP contribution in [0.4, 0.5) is 0 Å². The maximum Gasteiger partial charge on any atom is 0.189 e. The minimum Gasteiger partial charge on any atom is -0.305 e. The van der Waals surface area contributed by atoms with Crippen molar-refractivity contribution in [2.24, 2.45) is 17.3 Å². The topological polar surface area (TPSA) is 98.5 Å². The average molecular weight is 408 g/mol. The molecule has 26 heavy (non-hydrogen) atoms. The van der Waals surface area contributed by atoms with Crippen LogP contribution in [0.25, 0.3) is 0 Å². The summed E-state index contributed by atoms with van der Waals surface area (Å²) < 4.78 is 0.863. The fourth-order valence-corrected chi connectivity index (χ4v) is 4.62. The molecule has 0 radical (unpaired) electrons. The minimum atomic E-state index is -1.64. The third-order valence-electron chi connectivity index (χ3n) is 5.52. The van der Waals surface area contributed by atoms with Crippen molar-refractivity contribution < 1.29 is 0 Å². The number of benzene rings is 1. The van der Waals surface area contributed by atoms with E-state index in [1.807, 2.05) is 30.3 Å². The first-order valence-corrected chi connectivity index (χ1v) is 9.30. The van der Waals surface area contributed by atoms with Gasteiger partial charge in [0.05, 0.1) is 23.9 Å². The second-order valence-corrected chi connectivity index (χ2v) is 7.62. The van der Waals surface area contributed by atoms with Crippen LogP contribution in [0.15, 0.2) is 40.4 Å². The highest BCUT2D eigenvalue weighted by Crippen LogP contribution is 2.53. The standard InChI is InChI=1S/C20H18BrN5/c1-2-26-7-6-15-16(9-22)19(25)20(11-23,12-24)18(17(15)10-26)13-4-3-5-14(21)8-13/h3-6,8,16-18,25H,2,7,10H2,1H3/t16?,17-,18+/m1/s1. The number of nitrogens with one attached hydrogen (secondary N) is 1. The number of nitrogens with zero attached hydrogens (tertiary/aromatic N) is 4. The number of likely N-dealkylation sites (N-methyl/N-ethyl adjacent to an activating group) is 1. The molecule has 2 aliphatic rings. The summed E-state index contributed by atoms with van der Waals surface area (Å²) in [5.74, 6) is -1.43. The number of fused-ring (bicyclic) bond motifs is 1. The van der Waals surface area contributed by atoms with Crippen LogP contribution in [0.2, 0.25) is 0 Å². The Kier molecular flexibility index (Phi) is 4.97. The van der Waals surface area contributed by atoms with Gasteiger partial charge in [0.15, 0.2) is 5.41 Å². The summed E-state index contributed by atoms with van der Waals surface area (Å²) in [6.45, 7) is 4.33. The molecule has 0 aromatic heterocycles. The normalized spacial score (nSPS) is 27.4. The Labute approximate surface area is 161 Å². The van der Waals surface area contributed by atoms with Crippen molar-refractivity contribution in [1.82, 2.24) is 4.90 Å². The highest BCUT2D eigenvalue weighted by atomic mass is 79.9. The molecular formula is C20H18BrN5. The highest BCUT2D eigenvalue weighted by Gasteiger charge is 2.57. The van der Waals surface area contributed by atoms with E-state index in [0.29, 0.717) is 6.54 Å². The highest BCUT2D eigenvalue weighted by molar-refractivity contribution is 9.10. The second-order valence-electron chi connectivity index (χ2n) is 6.70. The zero-order chi connectivity index (χ0) is 18.9. The van der Waals surface area contributed by atoms with Crippen molar-refractivity contribution in [2.75, 3.05) is 19.6 Å². The lowest BCUT2D eigenvalue weighted by Crippen LogP contribution is -2.52. The van der Waals surface area contributed by atoms with E-state index in [1.165, 1.54) is 0 Å². The molecular weight excluding hydrogens is 390 g/mol. The van der Waals surface area contributed by atoms with E-state index in [-0.39, 0.29) is 11.6 Å². The summed E-state index contributed by atoms with van der Waals surface area (Å²) in [5.41, 5.74) is -0.00635. The van der Waals surface area contributed by atoms with Gasteiger partial charge in [-0.15, -0.1) is 0 Å². The molecule has 0 amide bonds. The molecule has 5 nitrogen and oxygen atoms in total. The van der Waals surface area contributed by atoms with E-state index in [9.17, 15) is 15.8 Å². The summed E-state index contributed by atoms with van der Waals surface area (Å²) in [6, 6.07) is 14.0. The fourth-order valence-electron chi connectivity index (χ4n) is 4.20. The fraction of sp³-hybridized carbons (Fsp3) is 0.400. The lowest BCUT2D eigenvalue weighted by molar-refractivity contribution is 0.212. The molecule has 0 spiro atoms. The van der Waals surface area contributed by atoms with Gasteiger partial charge in [0.25, 0.3) is 0 Å². The van der Waals surface area contributed by atoms with Gasteiger partial charge in [-0.25, -0.2) is 0 Å². The number of halogens is 1. The summed E-state index contributed by atoms with van der Waals surface area (Å²) in [6.07, 6.45) is 2.02. The number of rotatable bonds is 2. The van der Waals surface area contributed by atoms with Gasteiger partial charge in [-0.3, -0.25) is 4.90 Å². The first-order chi connectivity index (χ1) is 12.5. The molecule has 1 N–H and O–H groups in total. The summed E-state index contributed by atoms with van der Waals surface area (Å²) in [4.78, 5) is 2.24. The smallest absolute Gasteiger partial charge is 0.189 e. The SMILES string of the molecule is CCN1CC=C2C(C#N)C(=N)C(C#N)(C#N)[C@@H](c3cccc(Br)c3)[C@@H]2C1. The molecule has 1 aliphatic heterocycles. The molecule has 1 aliphatic carbocycles. The Bertz CT molecular complexity index is 884. The van der Waals surface area contributed by atoms with E-state index in [2.05, 4.69) is 46.0 Å². The monoisotopic (exact) mass is 407 g/mol. The summed E-state index contributed by atoms with van der Waals surface area (Å²) >= 11 is 3.47. The van der Waals surface area contributed by atoms with Gasteiger partial charge in [-0.05, 0) is 29.8 Å². The Morgan fingerprint density at radius 3 is 2.62 bits per heavy atom. The van der Waals surface area contributed by atoms with Crippen LogP contribution in [0.3, 0.4) is 0 Å². The van der Waals surface area contributed by atoms with Crippen LogP contribution in [0.1, 0.15) is 18.4 Å². The van der Waals surface area contributed by atoms with Crippen molar-refractivity contribution in [3.05, 3.63) is 46.0 Å². The van der Waals surface area contributed by atoms with Crippen LogP contribution in [0, 0.1) is 56.7 Å². The first-order valence-electron chi connectivity index (χ1n) is 8.51.